The summed E-state index contributed by atoms with van der Waals surface area (Å²) in [4.78, 5) is 31.5. The summed E-state index contributed by atoms with van der Waals surface area (Å²) in [7, 11) is 3.99. The molecule has 1 saturated heterocycles. The Labute approximate surface area is 245 Å². The van der Waals surface area contributed by atoms with Gasteiger partial charge in [0.05, 0.1) is 0 Å². The number of nitrogens with one attached hydrogen (secondary N) is 1. The highest BCUT2D eigenvalue weighted by atomic mass is 16.5. The zero-order valence-corrected chi connectivity index (χ0v) is 24.3. The quantitative estimate of drug-likeness (QED) is 0.301. The molecule has 4 heterocycles. The van der Waals surface area contributed by atoms with Gasteiger partial charge in [-0.15, -0.1) is 0 Å². The Hall–Kier alpha value is -4.67. The van der Waals surface area contributed by atoms with E-state index in [-0.39, 0.29) is 5.91 Å². The Bertz CT molecular complexity index is 1740. The zero-order chi connectivity index (χ0) is 29.2. The van der Waals surface area contributed by atoms with Crippen LogP contribution in [0.4, 0.5) is 5.69 Å². The van der Waals surface area contributed by atoms with Crippen molar-refractivity contribution < 1.29 is 9.53 Å². The van der Waals surface area contributed by atoms with Gasteiger partial charge in [0.15, 0.2) is 11.5 Å². The zero-order valence-electron chi connectivity index (χ0n) is 24.3. The molecule has 0 spiro atoms. The second-order valence-corrected chi connectivity index (χ2v) is 10.9. The van der Waals surface area contributed by atoms with Crippen molar-refractivity contribution >= 4 is 22.6 Å². The number of ether oxygens (including phenoxy) is 1. The third-order valence-corrected chi connectivity index (χ3v) is 7.64. The Morgan fingerprint density at radius 1 is 0.929 bits per heavy atom. The number of hydrogen-bond donors (Lipinski definition) is 1. The van der Waals surface area contributed by atoms with E-state index >= 15 is 0 Å². The molecule has 214 valence electrons. The molecule has 0 atom stereocenters. The molecule has 1 amide bonds. The van der Waals surface area contributed by atoms with Crippen molar-refractivity contribution in [1.82, 2.24) is 34.5 Å². The summed E-state index contributed by atoms with van der Waals surface area (Å²) in [6.07, 6.45) is 5.20. The van der Waals surface area contributed by atoms with Crippen molar-refractivity contribution in [3.8, 4) is 23.0 Å². The summed E-state index contributed by atoms with van der Waals surface area (Å²) in [5.41, 5.74) is 5.88. The largest absolute Gasteiger partial charge is 0.438 e. The number of benzene rings is 2. The van der Waals surface area contributed by atoms with Crippen molar-refractivity contribution in [3.05, 3.63) is 89.4 Å². The number of rotatable bonds is 7. The van der Waals surface area contributed by atoms with Gasteiger partial charge in [-0.1, -0.05) is 12.1 Å². The predicted molar refractivity (Wildman–Crippen MR) is 163 cm³/mol. The van der Waals surface area contributed by atoms with Crippen LogP contribution in [-0.4, -0.2) is 73.7 Å². The summed E-state index contributed by atoms with van der Waals surface area (Å²) in [6, 6.07) is 15.2. The molecule has 5 aromatic rings. The Morgan fingerprint density at radius 2 is 1.71 bits per heavy atom. The monoisotopic (exact) mass is 562 g/mol. The maximum atomic E-state index is 13.3. The fraction of sp³-hybridized carbons (Fsp3) is 0.281. The minimum Gasteiger partial charge on any atom is -0.438 e. The maximum absolute atomic E-state index is 13.3. The van der Waals surface area contributed by atoms with Crippen molar-refractivity contribution in [2.24, 2.45) is 7.05 Å². The van der Waals surface area contributed by atoms with E-state index < -0.39 is 0 Å². The lowest BCUT2D eigenvalue weighted by atomic mass is 10.1. The number of aromatic nitrogens is 5. The number of anilines is 1. The molecular formula is C32H34N8O2. The van der Waals surface area contributed by atoms with E-state index in [1.54, 1.807) is 29.2 Å². The summed E-state index contributed by atoms with van der Waals surface area (Å²) < 4.78 is 8.02. The minimum atomic E-state index is -0.210. The molecule has 10 nitrogen and oxygen atoms in total. The second-order valence-electron chi connectivity index (χ2n) is 10.9. The van der Waals surface area contributed by atoms with Crippen molar-refractivity contribution in [3.63, 3.8) is 0 Å². The van der Waals surface area contributed by atoms with Gasteiger partial charge in [-0.05, 0) is 74.0 Å². The number of nitrogens with zero attached hydrogens (tertiary/aromatic N) is 7. The lowest BCUT2D eigenvalue weighted by molar-refractivity contribution is 0.102. The van der Waals surface area contributed by atoms with Gasteiger partial charge in [-0.2, -0.15) is 10.1 Å². The van der Waals surface area contributed by atoms with Crippen LogP contribution in [0.15, 0.2) is 67.1 Å². The van der Waals surface area contributed by atoms with Crippen LogP contribution in [0.25, 0.3) is 22.4 Å². The van der Waals surface area contributed by atoms with Crippen molar-refractivity contribution in [2.45, 2.75) is 20.4 Å². The lowest BCUT2D eigenvalue weighted by Crippen LogP contribution is -2.43. The van der Waals surface area contributed by atoms with Gasteiger partial charge in [-0.25, -0.2) is 4.98 Å². The van der Waals surface area contributed by atoms with Gasteiger partial charge in [-0.3, -0.25) is 19.4 Å². The Balaban J connectivity index is 1.21. The molecule has 0 aliphatic carbocycles. The summed E-state index contributed by atoms with van der Waals surface area (Å²) in [5.74, 6) is 1.17. The van der Waals surface area contributed by atoms with Crippen LogP contribution in [0.3, 0.4) is 0 Å². The van der Waals surface area contributed by atoms with Gasteiger partial charge in [0, 0.05) is 75.2 Å². The van der Waals surface area contributed by atoms with E-state index in [0.717, 1.165) is 55.1 Å². The van der Waals surface area contributed by atoms with Gasteiger partial charge < -0.3 is 15.0 Å². The van der Waals surface area contributed by atoms with Crippen LogP contribution < -0.4 is 10.1 Å². The van der Waals surface area contributed by atoms with E-state index in [0.29, 0.717) is 34.1 Å². The Kier molecular flexibility index (Phi) is 7.64. The number of amides is 1. The number of carbonyl (C=O) groups is 1. The molecule has 1 aliphatic heterocycles. The number of fused-ring (bicyclic) bond motifs is 1. The number of likely N-dealkylation sites (N-methyl/N-ethyl adjacent to an activating group) is 1. The van der Waals surface area contributed by atoms with Crippen LogP contribution >= 0.6 is 0 Å². The van der Waals surface area contributed by atoms with Crippen LogP contribution in [0, 0.1) is 13.8 Å². The molecule has 0 unspecified atom stereocenters. The fourth-order valence-electron chi connectivity index (χ4n) is 5.06. The standard InChI is InChI=1S/C32H34N8O2/c1-21-5-6-24(31(41)34-26-8-7-25(22(2)17-26)19-40-15-13-38(3)14-16-40)18-28(21)42-32-27-20-39(4)37-30(27)35-29(36-32)23-9-11-33-12-10-23/h5-12,17-18,20H,13-16,19H2,1-4H3,(H,34,41). The topological polar surface area (TPSA) is 101 Å². The second kappa shape index (κ2) is 11.7. The molecule has 1 fully saturated rings. The molecule has 0 bridgehead atoms. The molecule has 42 heavy (non-hydrogen) atoms. The van der Waals surface area contributed by atoms with Crippen LogP contribution in [0.5, 0.6) is 11.6 Å². The first-order valence-electron chi connectivity index (χ1n) is 14.0. The lowest BCUT2D eigenvalue weighted by Gasteiger charge is -2.32. The van der Waals surface area contributed by atoms with E-state index in [2.05, 4.69) is 50.2 Å². The van der Waals surface area contributed by atoms with Crippen molar-refractivity contribution in [1.29, 1.82) is 0 Å². The van der Waals surface area contributed by atoms with Crippen LogP contribution in [0.2, 0.25) is 0 Å². The predicted octanol–water partition coefficient (Wildman–Crippen LogP) is 4.83. The van der Waals surface area contributed by atoms with E-state index in [1.807, 2.05) is 50.5 Å². The highest BCUT2D eigenvalue weighted by Gasteiger charge is 2.18. The van der Waals surface area contributed by atoms with Gasteiger partial charge in [0.1, 0.15) is 11.1 Å². The first kappa shape index (κ1) is 27.5. The molecule has 3 aromatic heterocycles. The molecule has 1 N–H and O–H groups in total. The number of piperazine rings is 1. The first-order chi connectivity index (χ1) is 20.3. The third-order valence-electron chi connectivity index (χ3n) is 7.64. The summed E-state index contributed by atoms with van der Waals surface area (Å²) >= 11 is 0. The molecule has 0 saturated carbocycles. The Morgan fingerprint density at radius 3 is 2.48 bits per heavy atom. The first-order valence-corrected chi connectivity index (χ1v) is 14.0. The number of pyridine rings is 1. The average molecular weight is 563 g/mol. The fourth-order valence-corrected chi connectivity index (χ4v) is 5.06. The van der Waals surface area contributed by atoms with E-state index in [4.69, 9.17) is 9.72 Å². The number of hydrogen-bond acceptors (Lipinski definition) is 8. The number of aryl methyl sites for hydroxylation is 3. The molecule has 1 aliphatic rings. The van der Waals surface area contributed by atoms with Crippen LogP contribution in [0.1, 0.15) is 27.0 Å². The van der Waals surface area contributed by atoms with Crippen LogP contribution in [-0.2, 0) is 13.6 Å². The molecule has 6 rings (SSSR count). The van der Waals surface area contributed by atoms with E-state index in [1.165, 1.54) is 5.56 Å². The molecule has 10 heteroatoms. The molecule has 2 aromatic carbocycles. The minimum absolute atomic E-state index is 0.210. The average Bonchev–Trinajstić information content (AvgIpc) is 3.37. The highest BCUT2D eigenvalue weighted by molar-refractivity contribution is 6.04. The maximum Gasteiger partial charge on any atom is 0.255 e. The smallest absolute Gasteiger partial charge is 0.255 e. The SMILES string of the molecule is Cc1cc(NC(=O)c2ccc(C)c(Oc3nc(-c4ccncc4)nc4nn(C)cc34)c2)ccc1CN1CCN(C)CC1. The van der Waals surface area contributed by atoms with Gasteiger partial charge in [0.25, 0.3) is 5.91 Å². The summed E-state index contributed by atoms with van der Waals surface area (Å²) in [6.45, 7) is 9.27. The van der Waals surface area contributed by atoms with Gasteiger partial charge in [0.2, 0.25) is 5.88 Å². The van der Waals surface area contributed by atoms with E-state index in [9.17, 15) is 4.79 Å². The van der Waals surface area contributed by atoms with Gasteiger partial charge >= 0.3 is 0 Å². The highest BCUT2D eigenvalue weighted by Crippen LogP contribution is 2.32. The molecular weight excluding hydrogens is 528 g/mol. The normalized spacial score (nSPS) is 14.3. The van der Waals surface area contributed by atoms with Crippen molar-refractivity contribution in [2.75, 3.05) is 38.5 Å². The third kappa shape index (κ3) is 6.00. The molecule has 0 radical (unpaired) electrons. The summed E-state index contributed by atoms with van der Waals surface area (Å²) in [5, 5.41) is 8.19. The number of carbonyl (C=O) groups excluding carboxylic acids is 1.